The average molecular weight is 312 g/mol. The Bertz CT molecular complexity index is 473. The van der Waals surface area contributed by atoms with E-state index in [1.54, 1.807) is 13.1 Å². The second-order valence-corrected chi connectivity index (χ2v) is 5.43. The number of esters is 1. The molecule has 0 saturated heterocycles. The van der Waals surface area contributed by atoms with Crippen LogP contribution in [0.2, 0.25) is 0 Å². The maximum Gasteiger partial charge on any atom is 0.307 e. The lowest BCUT2D eigenvalue weighted by Gasteiger charge is -2.16. The minimum absolute atomic E-state index is 0.0516. The summed E-state index contributed by atoms with van der Waals surface area (Å²) in [7, 11) is 2.97. The molecule has 0 saturated carbocycles. The molecule has 1 N–H and O–H groups in total. The van der Waals surface area contributed by atoms with Crippen molar-refractivity contribution in [2.24, 2.45) is 0 Å². The zero-order chi connectivity index (χ0) is 15.7. The van der Waals surface area contributed by atoms with Crippen molar-refractivity contribution in [3.05, 3.63) is 22.4 Å². The van der Waals surface area contributed by atoms with Crippen molar-refractivity contribution in [2.75, 3.05) is 27.2 Å². The summed E-state index contributed by atoms with van der Waals surface area (Å²) in [4.78, 5) is 36.6. The summed E-state index contributed by atoms with van der Waals surface area (Å²) in [5.41, 5.74) is 0. The molecule has 0 radical (unpaired) electrons. The Balaban J connectivity index is 2.15. The lowest BCUT2D eigenvalue weighted by Crippen LogP contribution is -2.30. The molecule has 1 rings (SSSR count). The summed E-state index contributed by atoms with van der Waals surface area (Å²) in [6, 6.07) is 3.57. The topological polar surface area (TPSA) is 75.7 Å². The van der Waals surface area contributed by atoms with Gasteiger partial charge in [-0.05, 0) is 17.9 Å². The largest absolute Gasteiger partial charge is 0.469 e. The van der Waals surface area contributed by atoms with Crippen LogP contribution >= 0.6 is 11.3 Å². The summed E-state index contributed by atoms with van der Waals surface area (Å²) in [5, 5.41) is 4.61. The molecule has 0 fully saturated rings. The van der Waals surface area contributed by atoms with Gasteiger partial charge in [-0.15, -0.1) is 11.3 Å². The van der Waals surface area contributed by atoms with Gasteiger partial charge in [-0.25, -0.2) is 0 Å². The number of carbonyl (C=O) groups excluding carboxylic acids is 3. The molecule has 0 aliphatic carbocycles. The first kappa shape index (κ1) is 17.2. The number of hydrogen-bond donors (Lipinski definition) is 1. The normalized spacial score (nSPS) is 10.0. The number of rotatable bonds is 8. The molecule has 0 unspecified atom stereocenters. The molecule has 21 heavy (non-hydrogen) atoms. The van der Waals surface area contributed by atoms with Gasteiger partial charge in [0.05, 0.1) is 18.4 Å². The molecule has 6 nitrogen and oxygen atoms in total. The minimum Gasteiger partial charge on any atom is -0.469 e. The van der Waals surface area contributed by atoms with Crippen LogP contribution in [0.1, 0.15) is 28.9 Å². The molecular weight excluding hydrogens is 292 g/mol. The number of carbonyl (C=O) groups is 3. The molecule has 0 aromatic carbocycles. The summed E-state index contributed by atoms with van der Waals surface area (Å²) in [6.07, 6.45) is 1.09. The fourth-order valence-electron chi connectivity index (χ4n) is 1.61. The van der Waals surface area contributed by atoms with E-state index in [9.17, 15) is 14.4 Å². The first-order valence-electron chi connectivity index (χ1n) is 6.67. The van der Waals surface area contributed by atoms with Gasteiger partial charge in [-0.2, -0.15) is 0 Å². The second-order valence-electron chi connectivity index (χ2n) is 4.48. The van der Waals surface area contributed by atoms with Gasteiger partial charge in [0.15, 0.2) is 0 Å². The van der Waals surface area contributed by atoms with Crippen molar-refractivity contribution in [2.45, 2.75) is 19.3 Å². The van der Waals surface area contributed by atoms with Crippen LogP contribution in [0.3, 0.4) is 0 Å². The smallest absolute Gasteiger partial charge is 0.307 e. The molecule has 0 atom stereocenters. The molecule has 1 aromatic heterocycles. The van der Waals surface area contributed by atoms with Crippen LogP contribution in [-0.4, -0.2) is 49.9 Å². The summed E-state index contributed by atoms with van der Waals surface area (Å²) >= 11 is 1.38. The first-order valence-corrected chi connectivity index (χ1v) is 7.55. The number of nitrogens with zero attached hydrogens (tertiary/aromatic N) is 1. The van der Waals surface area contributed by atoms with Gasteiger partial charge >= 0.3 is 5.97 Å². The average Bonchev–Trinajstić information content (AvgIpc) is 3.02. The Labute approximate surface area is 128 Å². The van der Waals surface area contributed by atoms with Gasteiger partial charge in [-0.3, -0.25) is 14.4 Å². The van der Waals surface area contributed by atoms with Crippen molar-refractivity contribution >= 4 is 29.1 Å². The number of amides is 2. The van der Waals surface area contributed by atoms with E-state index in [0.717, 1.165) is 0 Å². The quantitative estimate of drug-likeness (QED) is 0.579. The molecule has 1 heterocycles. The van der Waals surface area contributed by atoms with E-state index in [1.807, 2.05) is 11.4 Å². The van der Waals surface area contributed by atoms with E-state index >= 15 is 0 Å². The van der Waals surface area contributed by atoms with E-state index in [2.05, 4.69) is 10.1 Å². The standard InChI is InChI=1S/C14H20N2O4S/c1-16(9-7-13(18)20-2)12(17)6-3-8-15-14(19)11-5-4-10-21-11/h4-5,10H,3,6-9H2,1-2H3,(H,15,19). The number of nitrogens with one attached hydrogen (secondary N) is 1. The van der Waals surface area contributed by atoms with Crippen LogP contribution in [0, 0.1) is 0 Å². The highest BCUT2D eigenvalue weighted by molar-refractivity contribution is 7.12. The van der Waals surface area contributed by atoms with Gasteiger partial charge < -0.3 is 15.0 Å². The maximum atomic E-state index is 11.8. The van der Waals surface area contributed by atoms with Crippen molar-refractivity contribution in [1.29, 1.82) is 0 Å². The van der Waals surface area contributed by atoms with Crippen LogP contribution in [0.15, 0.2) is 17.5 Å². The van der Waals surface area contributed by atoms with E-state index in [1.165, 1.54) is 23.3 Å². The second kappa shape index (κ2) is 9.12. The molecule has 116 valence electrons. The zero-order valence-corrected chi connectivity index (χ0v) is 13.1. The monoisotopic (exact) mass is 312 g/mol. The Kier molecular flexibility index (Phi) is 7.45. The maximum absolute atomic E-state index is 11.8. The fourth-order valence-corrected chi connectivity index (χ4v) is 2.25. The fraction of sp³-hybridized carbons (Fsp3) is 0.500. The molecule has 0 aliphatic rings. The molecule has 0 spiro atoms. The molecular formula is C14H20N2O4S. The Hall–Kier alpha value is -1.89. The molecule has 2 amide bonds. The third-order valence-electron chi connectivity index (χ3n) is 2.90. The van der Waals surface area contributed by atoms with E-state index < -0.39 is 0 Å². The van der Waals surface area contributed by atoms with Crippen LogP contribution in [0.5, 0.6) is 0 Å². The lowest BCUT2D eigenvalue weighted by atomic mass is 10.2. The third-order valence-corrected chi connectivity index (χ3v) is 3.77. The predicted molar refractivity (Wildman–Crippen MR) is 80.2 cm³/mol. The molecule has 0 aliphatic heterocycles. The minimum atomic E-state index is -0.335. The van der Waals surface area contributed by atoms with Crippen molar-refractivity contribution < 1.29 is 19.1 Å². The van der Waals surface area contributed by atoms with E-state index in [-0.39, 0.29) is 24.2 Å². The Morgan fingerprint density at radius 1 is 1.33 bits per heavy atom. The number of thiophene rings is 1. The summed E-state index contributed by atoms with van der Waals surface area (Å²) in [6.45, 7) is 0.792. The van der Waals surface area contributed by atoms with Gasteiger partial charge in [0.1, 0.15) is 0 Å². The van der Waals surface area contributed by atoms with Gasteiger partial charge in [0, 0.05) is 26.6 Å². The van der Waals surface area contributed by atoms with Gasteiger partial charge in [0.25, 0.3) is 5.91 Å². The van der Waals surface area contributed by atoms with Gasteiger partial charge in [0.2, 0.25) is 5.91 Å². The van der Waals surface area contributed by atoms with Crippen molar-refractivity contribution in [1.82, 2.24) is 10.2 Å². The SMILES string of the molecule is COC(=O)CCN(C)C(=O)CCCNC(=O)c1cccs1. The Morgan fingerprint density at radius 2 is 2.10 bits per heavy atom. The highest BCUT2D eigenvalue weighted by Gasteiger charge is 2.11. The molecule has 7 heteroatoms. The lowest BCUT2D eigenvalue weighted by molar-refractivity contribution is -0.141. The molecule has 0 bridgehead atoms. The third kappa shape index (κ3) is 6.40. The van der Waals surface area contributed by atoms with Crippen LogP contribution < -0.4 is 5.32 Å². The van der Waals surface area contributed by atoms with E-state index in [0.29, 0.717) is 30.8 Å². The highest BCUT2D eigenvalue weighted by atomic mass is 32.1. The van der Waals surface area contributed by atoms with Gasteiger partial charge in [-0.1, -0.05) is 6.07 Å². The van der Waals surface area contributed by atoms with Crippen molar-refractivity contribution in [3.63, 3.8) is 0 Å². The summed E-state index contributed by atoms with van der Waals surface area (Å²) in [5.74, 6) is -0.501. The zero-order valence-electron chi connectivity index (χ0n) is 12.3. The van der Waals surface area contributed by atoms with Crippen LogP contribution in [-0.2, 0) is 14.3 Å². The van der Waals surface area contributed by atoms with Crippen molar-refractivity contribution in [3.8, 4) is 0 Å². The van der Waals surface area contributed by atoms with Crippen LogP contribution in [0.4, 0.5) is 0 Å². The highest BCUT2D eigenvalue weighted by Crippen LogP contribution is 2.07. The first-order chi connectivity index (χ1) is 10.0. The number of methoxy groups -OCH3 is 1. The van der Waals surface area contributed by atoms with E-state index in [4.69, 9.17) is 0 Å². The number of ether oxygens (including phenoxy) is 1. The molecule has 1 aromatic rings. The number of hydrogen-bond acceptors (Lipinski definition) is 5. The van der Waals surface area contributed by atoms with Crippen LogP contribution in [0.25, 0.3) is 0 Å². The summed E-state index contributed by atoms with van der Waals surface area (Å²) < 4.78 is 4.52. The predicted octanol–water partition coefficient (Wildman–Crippen LogP) is 1.28. The Morgan fingerprint density at radius 3 is 2.71 bits per heavy atom.